The normalized spacial score (nSPS) is 11.4. The fourth-order valence-corrected chi connectivity index (χ4v) is 2.67. The van der Waals surface area contributed by atoms with E-state index in [1.807, 2.05) is 0 Å². The molecule has 18 heavy (non-hydrogen) atoms. The summed E-state index contributed by atoms with van der Waals surface area (Å²) in [6, 6.07) is 3.06. The van der Waals surface area contributed by atoms with Crippen molar-refractivity contribution in [2.75, 3.05) is 11.1 Å². The smallest absolute Gasteiger partial charge is 0.293 e. The van der Waals surface area contributed by atoms with Gasteiger partial charge in [0.15, 0.2) is 5.76 Å². The molecule has 1 N–H and O–H groups in total. The molecule has 0 aromatic carbocycles. The van der Waals surface area contributed by atoms with Crippen molar-refractivity contribution in [2.24, 2.45) is 0 Å². The van der Waals surface area contributed by atoms with Gasteiger partial charge in [-0.2, -0.15) is 9.36 Å². The molecule has 0 bridgehead atoms. The van der Waals surface area contributed by atoms with Crippen LogP contribution >= 0.6 is 11.5 Å². The van der Waals surface area contributed by atoms with Gasteiger partial charge < -0.3 is 4.42 Å². The van der Waals surface area contributed by atoms with Crippen LogP contribution in [0.25, 0.3) is 0 Å². The van der Waals surface area contributed by atoms with Crippen LogP contribution in [0.5, 0.6) is 0 Å². The van der Waals surface area contributed by atoms with E-state index in [-0.39, 0.29) is 21.8 Å². The van der Waals surface area contributed by atoms with Crippen LogP contribution in [0.1, 0.15) is 17.5 Å². The lowest BCUT2D eigenvalue weighted by atomic mass is 10.4. The van der Waals surface area contributed by atoms with Gasteiger partial charge in [-0.25, -0.2) is 8.42 Å². The van der Waals surface area contributed by atoms with Gasteiger partial charge in [-0.1, -0.05) is 6.92 Å². The van der Waals surface area contributed by atoms with E-state index in [2.05, 4.69) is 14.7 Å². The number of furan rings is 1. The molecule has 9 heteroatoms. The van der Waals surface area contributed by atoms with Crippen molar-refractivity contribution in [3.05, 3.63) is 24.2 Å². The number of nitrogens with one attached hydrogen (secondary N) is 1. The number of anilines is 1. The standard InChI is InChI=1S/C9H9N3O4S2/c1-2-18(14,15)9-11-8(17-12-9)10-7(13)6-4-3-5-16-6/h3-5H,2H2,1H3,(H,10,11,12,13). The highest BCUT2D eigenvalue weighted by molar-refractivity contribution is 7.91. The molecule has 96 valence electrons. The van der Waals surface area contributed by atoms with Crippen LogP contribution in [0.3, 0.4) is 0 Å². The number of carbonyl (C=O) groups is 1. The maximum Gasteiger partial charge on any atom is 0.293 e. The predicted octanol–water partition coefficient (Wildman–Crippen LogP) is 1.18. The Balaban J connectivity index is 2.15. The predicted molar refractivity (Wildman–Crippen MR) is 64.3 cm³/mol. The van der Waals surface area contributed by atoms with Gasteiger partial charge in [0.05, 0.1) is 12.0 Å². The van der Waals surface area contributed by atoms with Crippen LogP contribution in [0.4, 0.5) is 5.13 Å². The van der Waals surface area contributed by atoms with Crippen molar-refractivity contribution in [3.63, 3.8) is 0 Å². The minimum absolute atomic E-state index is 0.0880. The number of nitrogens with zero attached hydrogens (tertiary/aromatic N) is 2. The Morgan fingerprint density at radius 1 is 1.56 bits per heavy atom. The van der Waals surface area contributed by atoms with Gasteiger partial charge in [0.1, 0.15) is 0 Å². The zero-order valence-electron chi connectivity index (χ0n) is 9.28. The van der Waals surface area contributed by atoms with Gasteiger partial charge in [0.2, 0.25) is 15.0 Å². The third-order valence-electron chi connectivity index (χ3n) is 2.03. The van der Waals surface area contributed by atoms with Crippen molar-refractivity contribution < 1.29 is 17.6 Å². The maximum absolute atomic E-state index is 11.6. The summed E-state index contributed by atoms with van der Waals surface area (Å²) >= 11 is 0.803. The lowest BCUT2D eigenvalue weighted by molar-refractivity contribution is 0.0996. The van der Waals surface area contributed by atoms with E-state index < -0.39 is 15.7 Å². The number of aromatic nitrogens is 2. The molecular weight excluding hydrogens is 278 g/mol. The van der Waals surface area contributed by atoms with Gasteiger partial charge in [-0.15, -0.1) is 0 Å². The lowest BCUT2D eigenvalue weighted by Gasteiger charge is -1.96. The molecule has 0 aliphatic heterocycles. The molecule has 2 aromatic heterocycles. The second kappa shape index (κ2) is 4.86. The second-order valence-corrected chi connectivity index (χ2v) is 6.14. The Hall–Kier alpha value is -1.74. The SMILES string of the molecule is CCS(=O)(=O)c1nsc(NC(=O)c2ccco2)n1. The largest absolute Gasteiger partial charge is 0.459 e. The first-order valence-corrected chi connectivity index (χ1v) is 7.37. The summed E-state index contributed by atoms with van der Waals surface area (Å²) in [4.78, 5) is 15.3. The van der Waals surface area contributed by atoms with Crippen LogP contribution < -0.4 is 5.32 Å². The first-order valence-electron chi connectivity index (χ1n) is 4.94. The number of amides is 1. The van der Waals surface area contributed by atoms with Crippen LogP contribution in [-0.4, -0.2) is 29.4 Å². The molecule has 0 spiro atoms. The Morgan fingerprint density at radius 2 is 2.33 bits per heavy atom. The fraction of sp³-hybridized carbons (Fsp3) is 0.222. The first kappa shape index (κ1) is 12.7. The summed E-state index contributed by atoms with van der Waals surface area (Å²) < 4.78 is 31.5. The quantitative estimate of drug-likeness (QED) is 0.905. The van der Waals surface area contributed by atoms with Gasteiger partial charge >= 0.3 is 0 Å². The molecule has 0 unspecified atom stereocenters. The third-order valence-corrected chi connectivity index (χ3v) is 4.28. The highest BCUT2D eigenvalue weighted by atomic mass is 32.2. The van der Waals surface area contributed by atoms with Crippen molar-refractivity contribution in [3.8, 4) is 0 Å². The number of carbonyl (C=O) groups excluding carboxylic acids is 1. The molecule has 0 aliphatic carbocycles. The second-order valence-electron chi connectivity index (χ2n) is 3.22. The summed E-state index contributed by atoms with van der Waals surface area (Å²) in [6.07, 6.45) is 1.36. The zero-order valence-corrected chi connectivity index (χ0v) is 10.9. The van der Waals surface area contributed by atoms with Crippen LogP contribution in [0.15, 0.2) is 28.0 Å². The molecular formula is C9H9N3O4S2. The Bertz CT molecular complexity index is 645. The van der Waals surface area contributed by atoms with Gasteiger partial charge in [0.25, 0.3) is 11.1 Å². The van der Waals surface area contributed by atoms with Gasteiger partial charge in [-0.05, 0) is 12.1 Å². The van der Waals surface area contributed by atoms with Crippen molar-refractivity contribution in [2.45, 2.75) is 12.1 Å². The molecule has 7 nitrogen and oxygen atoms in total. The van der Waals surface area contributed by atoms with E-state index in [9.17, 15) is 13.2 Å². The zero-order chi connectivity index (χ0) is 13.2. The molecule has 0 fully saturated rings. The minimum Gasteiger partial charge on any atom is -0.459 e. The Morgan fingerprint density at radius 3 is 2.94 bits per heavy atom. The summed E-state index contributed by atoms with van der Waals surface area (Å²) in [5.41, 5.74) is 0. The van der Waals surface area contributed by atoms with Crippen molar-refractivity contribution in [1.29, 1.82) is 0 Å². The van der Waals surface area contributed by atoms with E-state index >= 15 is 0 Å². The number of hydrogen-bond donors (Lipinski definition) is 1. The Labute approximate surface area is 107 Å². The molecule has 0 saturated heterocycles. The fourth-order valence-electron chi connectivity index (χ4n) is 1.08. The average Bonchev–Trinajstić information content (AvgIpc) is 2.99. The highest BCUT2D eigenvalue weighted by Gasteiger charge is 2.19. The van der Waals surface area contributed by atoms with Gasteiger partial charge in [-0.3, -0.25) is 10.1 Å². The van der Waals surface area contributed by atoms with Crippen molar-refractivity contribution >= 4 is 32.4 Å². The van der Waals surface area contributed by atoms with E-state index in [1.165, 1.54) is 19.3 Å². The average molecular weight is 287 g/mol. The van der Waals surface area contributed by atoms with E-state index in [1.54, 1.807) is 6.07 Å². The topological polar surface area (TPSA) is 102 Å². The molecule has 0 aliphatic rings. The molecule has 0 radical (unpaired) electrons. The molecule has 0 saturated carbocycles. The molecule has 2 rings (SSSR count). The minimum atomic E-state index is -3.45. The highest BCUT2D eigenvalue weighted by Crippen LogP contribution is 2.16. The maximum atomic E-state index is 11.6. The molecule has 1 amide bonds. The number of sulfone groups is 1. The van der Waals surface area contributed by atoms with Crippen LogP contribution in [0.2, 0.25) is 0 Å². The first-order chi connectivity index (χ1) is 8.53. The monoisotopic (exact) mass is 287 g/mol. The molecule has 2 aromatic rings. The lowest BCUT2D eigenvalue weighted by Crippen LogP contribution is -2.11. The van der Waals surface area contributed by atoms with Crippen LogP contribution in [0, 0.1) is 0 Å². The van der Waals surface area contributed by atoms with E-state index in [0.29, 0.717) is 0 Å². The summed E-state index contributed by atoms with van der Waals surface area (Å²) in [6.45, 7) is 1.50. The molecule has 0 atom stereocenters. The summed E-state index contributed by atoms with van der Waals surface area (Å²) in [5.74, 6) is -0.475. The van der Waals surface area contributed by atoms with E-state index in [4.69, 9.17) is 4.42 Å². The summed E-state index contributed by atoms with van der Waals surface area (Å²) in [7, 11) is -3.45. The summed E-state index contributed by atoms with van der Waals surface area (Å²) in [5, 5.41) is 2.25. The van der Waals surface area contributed by atoms with Crippen LogP contribution in [-0.2, 0) is 9.84 Å². The van der Waals surface area contributed by atoms with Gasteiger partial charge in [0, 0.05) is 11.5 Å². The number of hydrogen-bond acceptors (Lipinski definition) is 7. The third kappa shape index (κ3) is 2.57. The number of rotatable bonds is 4. The van der Waals surface area contributed by atoms with Crippen molar-refractivity contribution in [1.82, 2.24) is 9.36 Å². The van der Waals surface area contributed by atoms with E-state index in [0.717, 1.165) is 11.5 Å². The molecule has 2 heterocycles. The Kier molecular flexibility index (Phi) is 3.43.